The van der Waals surface area contributed by atoms with E-state index in [1.165, 1.54) is 19.3 Å². The van der Waals surface area contributed by atoms with Gasteiger partial charge in [-0.1, -0.05) is 13.8 Å². The molecule has 1 aliphatic rings. The van der Waals surface area contributed by atoms with Gasteiger partial charge in [-0.3, -0.25) is 0 Å². The summed E-state index contributed by atoms with van der Waals surface area (Å²) in [6, 6.07) is 0. The second-order valence-electron chi connectivity index (χ2n) is 6.27. The summed E-state index contributed by atoms with van der Waals surface area (Å²) >= 11 is 0. The molecule has 0 aromatic carbocycles. The Balaban J connectivity index is 2.54. The van der Waals surface area contributed by atoms with Crippen molar-refractivity contribution in [2.45, 2.75) is 45.1 Å². The molecule has 0 aliphatic heterocycles. The minimum atomic E-state index is -0.188. The first-order valence-electron chi connectivity index (χ1n) is 6.70. The zero-order valence-electron chi connectivity index (χ0n) is 12.1. The minimum absolute atomic E-state index is 0.188. The van der Waals surface area contributed by atoms with E-state index in [1.54, 1.807) is 0 Å². The molecular formula is C14H28N2O. The third-order valence-corrected chi connectivity index (χ3v) is 4.52. The van der Waals surface area contributed by atoms with Gasteiger partial charge in [-0.05, 0) is 46.8 Å². The number of hydrogen-bond donors (Lipinski definition) is 0. The van der Waals surface area contributed by atoms with Crippen LogP contribution in [-0.4, -0.2) is 55.9 Å². The predicted molar refractivity (Wildman–Crippen MR) is 72.2 cm³/mol. The smallest absolute Gasteiger partial charge is 0.127 e. The van der Waals surface area contributed by atoms with E-state index in [0.29, 0.717) is 5.54 Å². The highest BCUT2D eigenvalue weighted by Gasteiger charge is 2.40. The summed E-state index contributed by atoms with van der Waals surface area (Å²) in [5, 5.41) is 0. The van der Waals surface area contributed by atoms with Crippen LogP contribution in [0.4, 0.5) is 0 Å². The van der Waals surface area contributed by atoms with Crippen LogP contribution in [0.2, 0.25) is 0 Å². The van der Waals surface area contributed by atoms with Crippen LogP contribution in [0.5, 0.6) is 0 Å². The van der Waals surface area contributed by atoms with Crippen molar-refractivity contribution >= 4 is 6.29 Å². The maximum atomic E-state index is 11.1. The lowest BCUT2D eigenvalue weighted by Gasteiger charge is -2.50. The van der Waals surface area contributed by atoms with Crippen LogP contribution in [0.1, 0.15) is 39.5 Å². The summed E-state index contributed by atoms with van der Waals surface area (Å²) in [5.41, 5.74) is 0.165. The number of aldehydes is 1. The topological polar surface area (TPSA) is 23.6 Å². The van der Waals surface area contributed by atoms with Crippen LogP contribution in [0.15, 0.2) is 0 Å². The summed E-state index contributed by atoms with van der Waals surface area (Å²) < 4.78 is 0. The molecule has 3 nitrogen and oxygen atoms in total. The molecule has 0 spiro atoms. The van der Waals surface area contributed by atoms with Crippen molar-refractivity contribution < 1.29 is 4.79 Å². The molecule has 100 valence electrons. The molecule has 3 heteroatoms. The summed E-state index contributed by atoms with van der Waals surface area (Å²) in [4.78, 5) is 15.8. The number of likely N-dealkylation sites (N-methyl/N-ethyl adjacent to an activating group) is 2. The van der Waals surface area contributed by atoms with Crippen molar-refractivity contribution in [1.29, 1.82) is 0 Å². The molecule has 17 heavy (non-hydrogen) atoms. The summed E-state index contributed by atoms with van der Waals surface area (Å²) in [7, 11) is 6.48. The van der Waals surface area contributed by atoms with Gasteiger partial charge in [0.25, 0.3) is 0 Å². The summed E-state index contributed by atoms with van der Waals surface area (Å²) in [6.45, 7) is 6.08. The fourth-order valence-electron chi connectivity index (χ4n) is 2.74. The summed E-state index contributed by atoms with van der Waals surface area (Å²) in [5.74, 6) is 0. The lowest BCUT2D eigenvalue weighted by atomic mass is 9.75. The normalized spacial score (nSPS) is 22.3. The molecule has 0 heterocycles. The Morgan fingerprint density at radius 3 is 2.18 bits per heavy atom. The zero-order valence-corrected chi connectivity index (χ0v) is 12.1. The number of rotatable bonds is 7. The van der Waals surface area contributed by atoms with Crippen LogP contribution >= 0.6 is 0 Å². The molecule has 1 unspecified atom stereocenters. The van der Waals surface area contributed by atoms with Crippen LogP contribution in [0.3, 0.4) is 0 Å². The van der Waals surface area contributed by atoms with Crippen molar-refractivity contribution in [3.8, 4) is 0 Å². The Labute approximate surface area is 106 Å². The van der Waals surface area contributed by atoms with E-state index >= 15 is 0 Å². The Morgan fingerprint density at radius 1 is 1.29 bits per heavy atom. The van der Waals surface area contributed by atoms with Gasteiger partial charge < -0.3 is 14.6 Å². The number of hydrogen-bond acceptors (Lipinski definition) is 3. The molecule has 1 aliphatic carbocycles. The van der Waals surface area contributed by atoms with E-state index in [4.69, 9.17) is 0 Å². The second-order valence-corrected chi connectivity index (χ2v) is 6.27. The fraction of sp³-hybridized carbons (Fsp3) is 0.929. The standard InChI is InChI=1S/C14H28N2O/c1-6-13(2,12-17)10-16(5)11-14(15(3)4)8-7-9-14/h12H,6-11H2,1-5H3. The molecule has 0 aromatic rings. The summed E-state index contributed by atoms with van der Waals surface area (Å²) in [6.07, 6.45) is 5.94. The van der Waals surface area contributed by atoms with Gasteiger partial charge in [0, 0.05) is 24.0 Å². The van der Waals surface area contributed by atoms with Crippen LogP contribution in [0, 0.1) is 5.41 Å². The largest absolute Gasteiger partial charge is 0.304 e. The van der Waals surface area contributed by atoms with Crippen LogP contribution < -0.4 is 0 Å². The van der Waals surface area contributed by atoms with E-state index in [1.807, 2.05) is 0 Å². The van der Waals surface area contributed by atoms with Crippen LogP contribution in [-0.2, 0) is 4.79 Å². The molecule has 0 amide bonds. The number of carbonyl (C=O) groups excluding carboxylic acids is 1. The lowest BCUT2D eigenvalue weighted by Crippen LogP contribution is -2.57. The Bertz CT molecular complexity index is 261. The maximum Gasteiger partial charge on any atom is 0.127 e. The van der Waals surface area contributed by atoms with Crippen LogP contribution in [0.25, 0.3) is 0 Å². The first kappa shape index (κ1) is 14.7. The van der Waals surface area contributed by atoms with E-state index < -0.39 is 0 Å². The molecule has 1 atom stereocenters. The molecular weight excluding hydrogens is 212 g/mol. The lowest BCUT2D eigenvalue weighted by molar-refractivity contribution is -0.116. The quantitative estimate of drug-likeness (QED) is 0.636. The second kappa shape index (κ2) is 5.49. The van der Waals surface area contributed by atoms with Gasteiger partial charge in [0.2, 0.25) is 0 Å². The van der Waals surface area contributed by atoms with Gasteiger partial charge in [-0.2, -0.15) is 0 Å². The van der Waals surface area contributed by atoms with Crippen molar-refractivity contribution in [3.63, 3.8) is 0 Å². The van der Waals surface area contributed by atoms with Crippen molar-refractivity contribution in [3.05, 3.63) is 0 Å². The molecule has 1 fully saturated rings. The van der Waals surface area contributed by atoms with Gasteiger partial charge in [-0.25, -0.2) is 0 Å². The molecule has 1 saturated carbocycles. The number of nitrogens with zero attached hydrogens (tertiary/aromatic N) is 2. The average Bonchev–Trinajstić information content (AvgIpc) is 2.22. The SMILES string of the molecule is CCC(C)(C=O)CN(C)CC1(N(C)C)CCC1. The molecule has 0 aromatic heterocycles. The molecule has 0 saturated heterocycles. The monoisotopic (exact) mass is 240 g/mol. The Hall–Kier alpha value is -0.410. The van der Waals surface area contributed by atoms with Gasteiger partial charge in [0.15, 0.2) is 0 Å². The van der Waals surface area contributed by atoms with Gasteiger partial charge >= 0.3 is 0 Å². The van der Waals surface area contributed by atoms with Crippen molar-refractivity contribution in [2.24, 2.45) is 5.41 Å². The first-order valence-corrected chi connectivity index (χ1v) is 6.70. The average molecular weight is 240 g/mol. The third-order valence-electron chi connectivity index (χ3n) is 4.52. The van der Waals surface area contributed by atoms with Gasteiger partial charge in [0.05, 0.1) is 0 Å². The van der Waals surface area contributed by atoms with Gasteiger partial charge in [-0.15, -0.1) is 0 Å². The molecule has 0 bridgehead atoms. The first-order chi connectivity index (χ1) is 7.87. The third kappa shape index (κ3) is 3.29. The number of carbonyl (C=O) groups is 1. The van der Waals surface area contributed by atoms with E-state index in [2.05, 4.69) is 44.8 Å². The van der Waals surface area contributed by atoms with E-state index in [9.17, 15) is 4.79 Å². The molecule has 0 N–H and O–H groups in total. The highest BCUT2D eigenvalue weighted by molar-refractivity contribution is 5.58. The maximum absolute atomic E-state index is 11.1. The van der Waals surface area contributed by atoms with E-state index in [0.717, 1.165) is 25.8 Å². The molecule has 0 radical (unpaired) electrons. The van der Waals surface area contributed by atoms with Crippen molar-refractivity contribution in [1.82, 2.24) is 9.80 Å². The Kier molecular flexibility index (Phi) is 4.73. The van der Waals surface area contributed by atoms with Gasteiger partial charge in [0.1, 0.15) is 6.29 Å². The highest BCUT2D eigenvalue weighted by Crippen LogP contribution is 2.37. The van der Waals surface area contributed by atoms with E-state index in [-0.39, 0.29) is 5.41 Å². The highest BCUT2D eigenvalue weighted by atomic mass is 16.1. The predicted octanol–water partition coefficient (Wildman–Crippen LogP) is 2.02. The minimum Gasteiger partial charge on any atom is -0.304 e. The molecule has 1 rings (SSSR count). The fourth-order valence-corrected chi connectivity index (χ4v) is 2.74. The zero-order chi connectivity index (χ0) is 13.1. The Morgan fingerprint density at radius 2 is 1.88 bits per heavy atom. The van der Waals surface area contributed by atoms with Crippen molar-refractivity contribution in [2.75, 3.05) is 34.2 Å².